The Morgan fingerprint density at radius 3 is 2.72 bits per heavy atom. The maximum atomic E-state index is 6.29. The zero-order valence-corrected chi connectivity index (χ0v) is 15.9. The van der Waals surface area contributed by atoms with Crippen LogP contribution in [0.15, 0.2) is 42.5 Å². The molecule has 0 unspecified atom stereocenters. The molecule has 0 saturated carbocycles. The highest BCUT2D eigenvalue weighted by Crippen LogP contribution is 2.49. The van der Waals surface area contributed by atoms with Crippen molar-refractivity contribution < 1.29 is 4.74 Å². The molecule has 2 aromatic carbocycles. The number of halogens is 1. The lowest BCUT2D eigenvalue weighted by Gasteiger charge is -2.44. The predicted molar refractivity (Wildman–Crippen MR) is 104 cm³/mol. The lowest BCUT2D eigenvalue weighted by Crippen LogP contribution is -2.36. The van der Waals surface area contributed by atoms with Crippen LogP contribution >= 0.6 is 11.6 Å². The zero-order valence-electron chi connectivity index (χ0n) is 15.2. The Bertz CT molecular complexity index is 780. The van der Waals surface area contributed by atoms with E-state index >= 15 is 0 Å². The molecular formula is C22H26ClNO. The molecule has 25 heavy (non-hydrogen) atoms. The normalized spacial score (nSPS) is 25.7. The molecule has 3 heteroatoms. The molecule has 0 radical (unpaired) electrons. The van der Waals surface area contributed by atoms with Crippen LogP contribution in [0.2, 0.25) is 5.02 Å². The van der Waals surface area contributed by atoms with Crippen molar-refractivity contribution in [3.05, 3.63) is 64.2 Å². The second kappa shape index (κ2) is 6.34. The van der Waals surface area contributed by atoms with Crippen molar-refractivity contribution in [2.75, 3.05) is 11.9 Å². The first-order valence-corrected chi connectivity index (χ1v) is 9.59. The van der Waals surface area contributed by atoms with Gasteiger partial charge in [0, 0.05) is 28.8 Å². The average Bonchev–Trinajstić information content (AvgIpc) is 2.60. The number of ether oxygens (including phenoxy) is 1. The lowest BCUT2D eigenvalue weighted by atomic mass is 9.76. The van der Waals surface area contributed by atoms with E-state index in [0.29, 0.717) is 5.92 Å². The summed E-state index contributed by atoms with van der Waals surface area (Å²) in [6.45, 7) is 7.64. The third-order valence-corrected chi connectivity index (χ3v) is 5.77. The quantitative estimate of drug-likeness (QED) is 0.650. The van der Waals surface area contributed by atoms with E-state index in [1.165, 1.54) is 28.8 Å². The van der Waals surface area contributed by atoms with E-state index < -0.39 is 0 Å². The Kier molecular flexibility index (Phi) is 4.29. The summed E-state index contributed by atoms with van der Waals surface area (Å²) in [6.07, 6.45) is 2.46. The molecule has 0 bridgehead atoms. The summed E-state index contributed by atoms with van der Waals surface area (Å²) < 4.78 is 6.29. The van der Waals surface area contributed by atoms with Gasteiger partial charge in [-0.2, -0.15) is 0 Å². The molecule has 1 saturated heterocycles. The molecule has 2 nitrogen and oxygen atoms in total. The third kappa shape index (κ3) is 3.18. The molecule has 0 aromatic heterocycles. The van der Waals surface area contributed by atoms with Gasteiger partial charge in [0.2, 0.25) is 0 Å². The Hall–Kier alpha value is -1.51. The Labute approximate surface area is 155 Å². The summed E-state index contributed by atoms with van der Waals surface area (Å²) in [6, 6.07) is 15.3. The van der Waals surface area contributed by atoms with E-state index in [1.807, 2.05) is 12.1 Å². The molecule has 0 spiro atoms. The van der Waals surface area contributed by atoms with Crippen molar-refractivity contribution in [3.63, 3.8) is 0 Å². The smallest absolute Gasteiger partial charge is 0.0895 e. The van der Waals surface area contributed by atoms with Gasteiger partial charge in [-0.15, -0.1) is 0 Å². The first-order chi connectivity index (χ1) is 11.9. The Morgan fingerprint density at radius 1 is 1.12 bits per heavy atom. The highest BCUT2D eigenvalue weighted by molar-refractivity contribution is 6.30. The van der Waals surface area contributed by atoms with Crippen molar-refractivity contribution in [2.24, 2.45) is 5.92 Å². The minimum atomic E-state index is 0.142. The van der Waals surface area contributed by atoms with Crippen molar-refractivity contribution in [1.29, 1.82) is 0 Å². The number of hydrogen-bond acceptors (Lipinski definition) is 2. The van der Waals surface area contributed by atoms with E-state index in [1.54, 1.807) is 0 Å². The van der Waals surface area contributed by atoms with Crippen molar-refractivity contribution in [1.82, 2.24) is 0 Å². The molecule has 0 amide bonds. The van der Waals surface area contributed by atoms with E-state index in [9.17, 15) is 0 Å². The van der Waals surface area contributed by atoms with Crippen LogP contribution in [-0.4, -0.2) is 6.61 Å². The van der Waals surface area contributed by atoms with Crippen LogP contribution in [0.25, 0.3) is 0 Å². The SMILES string of the molecule is CC(C)(C)c1ccc2c(c1)[C@H]1OCCC[C@H]1[C@H](c1cccc(Cl)c1)N2. The fraction of sp³-hybridized carbons (Fsp3) is 0.455. The van der Waals surface area contributed by atoms with Gasteiger partial charge in [-0.3, -0.25) is 0 Å². The third-order valence-electron chi connectivity index (χ3n) is 5.54. The fourth-order valence-corrected chi connectivity index (χ4v) is 4.37. The molecule has 132 valence electrons. The molecule has 2 aliphatic heterocycles. The molecule has 1 N–H and O–H groups in total. The van der Waals surface area contributed by atoms with Crippen LogP contribution in [0.5, 0.6) is 0 Å². The maximum absolute atomic E-state index is 6.29. The molecule has 3 atom stereocenters. The van der Waals surface area contributed by atoms with E-state index in [-0.39, 0.29) is 17.6 Å². The van der Waals surface area contributed by atoms with Crippen LogP contribution in [0.3, 0.4) is 0 Å². The van der Waals surface area contributed by atoms with Gasteiger partial charge in [-0.25, -0.2) is 0 Å². The van der Waals surface area contributed by atoms with Gasteiger partial charge in [-0.05, 0) is 47.6 Å². The summed E-state index contributed by atoms with van der Waals surface area (Å²) >= 11 is 6.25. The van der Waals surface area contributed by atoms with Gasteiger partial charge < -0.3 is 10.1 Å². The summed E-state index contributed by atoms with van der Waals surface area (Å²) in [5.74, 6) is 0.440. The van der Waals surface area contributed by atoms with Crippen molar-refractivity contribution >= 4 is 17.3 Å². The second-order valence-electron chi connectivity index (χ2n) is 8.33. The molecular weight excluding hydrogens is 330 g/mol. The second-order valence-corrected chi connectivity index (χ2v) is 8.76. The van der Waals surface area contributed by atoms with Gasteiger partial charge in [-0.1, -0.05) is 56.6 Å². The number of hydrogen-bond donors (Lipinski definition) is 1. The minimum absolute atomic E-state index is 0.142. The van der Waals surface area contributed by atoms with Crippen LogP contribution in [0, 0.1) is 5.92 Å². The monoisotopic (exact) mass is 355 g/mol. The Morgan fingerprint density at radius 2 is 1.96 bits per heavy atom. The molecule has 4 rings (SSSR count). The summed E-state index contributed by atoms with van der Waals surface area (Å²) in [4.78, 5) is 0. The minimum Gasteiger partial charge on any atom is -0.378 e. The standard InChI is InChI=1S/C22H26ClNO/c1-22(2,3)15-9-10-19-18(13-15)21-17(8-5-11-25-21)20(24-19)14-6-4-7-16(23)12-14/h4,6-7,9-10,12-13,17,20-21,24H,5,8,11H2,1-3H3/t17-,20-,21-/m0/s1. The lowest BCUT2D eigenvalue weighted by molar-refractivity contribution is -0.0382. The fourth-order valence-electron chi connectivity index (χ4n) is 4.17. The Balaban J connectivity index is 1.78. The number of nitrogens with one attached hydrogen (secondary N) is 1. The van der Waals surface area contributed by atoms with Crippen LogP contribution in [0.4, 0.5) is 5.69 Å². The summed E-state index contributed by atoms with van der Waals surface area (Å²) in [7, 11) is 0. The van der Waals surface area contributed by atoms with Crippen molar-refractivity contribution in [2.45, 2.75) is 51.2 Å². The number of benzene rings is 2. The number of anilines is 1. The van der Waals surface area contributed by atoms with Gasteiger partial charge >= 0.3 is 0 Å². The average molecular weight is 356 g/mol. The van der Waals surface area contributed by atoms with E-state index in [4.69, 9.17) is 16.3 Å². The first kappa shape index (κ1) is 16.9. The molecule has 2 aromatic rings. The molecule has 0 aliphatic carbocycles. The summed E-state index contributed by atoms with van der Waals surface area (Å²) in [5.41, 5.74) is 5.26. The molecule has 1 fully saturated rings. The van der Waals surface area contributed by atoms with E-state index in [2.05, 4.69) is 56.4 Å². The van der Waals surface area contributed by atoms with Gasteiger partial charge in [0.15, 0.2) is 0 Å². The number of fused-ring (bicyclic) bond motifs is 3. The topological polar surface area (TPSA) is 21.3 Å². The highest BCUT2D eigenvalue weighted by atomic mass is 35.5. The molecule has 2 aliphatic rings. The largest absolute Gasteiger partial charge is 0.378 e. The van der Waals surface area contributed by atoms with Crippen molar-refractivity contribution in [3.8, 4) is 0 Å². The predicted octanol–water partition coefficient (Wildman–Crippen LogP) is 6.27. The highest BCUT2D eigenvalue weighted by Gasteiger charge is 2.40. The van der Waals surface area contributed by atoms with E-state index in [0.717, 1.165) is 18.1 Å². The van der Waals surface area contributed by atoms with Crippen LogP contribution < -0.4 is 5.32 Å². The van der Waals surface area contributed by atoms with Gasteiger partial charge in [0.05, 0.1) is 12.1 Å². The maximum Gasteiger partial charge on any atom is 0.0895 e. The van der Waals surface area contributed by atoms with Crippen LogP contribution in [0.1, 0.15) is 62.4 Å². The van der Waals surface area contributed by atoms with Gasteiger partial charge in [0.25, 0.3) is 0 Å². The first-order valence-electron chi connectivity index (χ1n) is 9.21. The summed E-state index contributed by atoms with van der Waals surface area (Å²) in [5, 5.41) is 4.57. The van der Waals surface area contributed by atoms with Crippen LogP contribution in [-0.2, 0) is 10.2 Å². The molecule has 2 heterocycles. The van der Waals surface area contributed by atoms with Gasteiger partial charge in [0.1, 0.15) is 0 Å². The number of rotatable bonds is 1. The zero-order chi connectivity index (χ0) is 17.6.